The zero-order valence-corrected chi connectivity index (χ0v) is 9.74. The lowest BCUT2D eigenvalue weighted by Gasteiger charge is -2.06. The Balaban J connectivity index is 2.29. The van der Waals surface area contributed by atoms with Crippen molar-refractivity contribution in [1.82, 2.24) is 5.32 Å². The summed E-state index contributed by atoms with van der Waals surface area (Å²) in [4.78, 5) is 10.2. The van der Waals surface area contributed by atoms with Crippen molar-refractivity contribution in [2.75, 3.05) is 13.1 Å². The van der Waals surface area contributed by atoms with Crippen molar-refractivity contribution in [3.8, 4) is 0 Å². The molecule has 0 saturated carbocycles. The summed E-state index contributed by atoms with van der Waals surface area (Å²) < 4.78 is 12.8. The highest BCUT2D eigenvalue weighted by molar-refractivity contribution is 5.79. The third kappa shape index (κ3) is 5.26. The van der Waals surface area contributed by atoms with Crippen LogP contribution in [0.2, 0.25) is 0 Å². The van der Waals surface area contributed by atoms with E-state index in [9.17, 15) is 9.18 Å². The Kier molecular flexibility index (Phi) is 5.36. The molecular formula is C13H16FNO2. The third-order valence-electron chi connectivity index (χ3n) is 2.40. The first kappa shape index (κ1) is 13.4. The molecule has 4 heteroatoms. The molecule has 0 aromatic heterocycles. The fraction of sp³-hybridized carbons (Fsp3) is 0.308. The molecular weight excluding hydrogens is 221 g/mol. The SMILES string of the molecule is Cc1cc(F)ccc1CCNC/C=C/C(=O)O. The van der Waals surface area contributed by atoms with E-state index in [4.69, 9.17) is 5.11 Å². The average Bonchev–Trinajstić information content (AvgIpc) is 2.25. The molecule has 1 aromatic rings. The van der Waals surface area contributed by atoms with Gasteiger partial charge in [0.05, 0.1) is 0 Å². The van der Waals surface area contributed by atoms with Crippen molar-refractivity contribution in [3.63, 3.8) is 0 Å². The van der Waals surface area contributed by atoms with Gasteiger partial charge in [0.15, 0.2) is 0 Å². The van der Waals surface area contributed by atoms with Crippen molar-refractivity contribution in [2.24, 2.45) is 0 Å². The molecule has 0 aliphatic heterocycles. The van der Waals surface area contributed by atoms with Crippen molar-refractivity contribution < 1.29 is 14.3 Å². The predicted octanol–water partition coefficient (Wildman–Crippen LogP) is 1.91. The minimum absolute atomic E-state index is 0.219. The summed E-state index contributed by atoms with van der Waals surface area (Å²) >= 11 is 0. The van der Waals surface area contributed by atoms with E-state index in [0.717, 1.165) is 30.2 Å². The van der Waals surface area contributed by atoms with Gasteiger partial charge in [-0.2, -0.15) is 0 Å². The van der Waals surface area contributed by atoms with E-state index in [0.29, 0.717) is 6.54 Å². The maximum atomic E-state index is 12.8. The van der Waals surface area contributed by atoms with Gasteiger partial charge in [-0.1, -0.05) is 12.1 Å². The number of aryl methyl sites for hydroxylation is 1. The summed E-state index contributed by atoms with van der Waals surface area (Å²) in [5, 5.41) is 11.4. The van der Waals surface area contributed by atoms with Gasteiger partial charge in [0.25, 0.3) is 0 Å². The molecule has 0 fully saturated rings. The number of carbonyl (C=O) groups is 1. The molecule has 0 amide bonds. The lowest BCUT2D eigenvalue weighted by Crippen LogP contribution is -2.17. The van der Waals surface area contributed by atoms with Gasteiger partial charge in [-0.25, -0.2) is 9.18 Å². The van der Waals surface area contributed by atoms with Gasteiger partial charge < -0.3 is 10.4 Å². The van der Waals surface area contributed by atoms with Crippen LogP contribution in [0, 0.1) is 12.7 Å². The number of rotatable bonds is 6. The molecule has 92 valence electrons. The van der Waals surface area contributed by atoms with Crippen LogP contribution in [0.4, 0.5) is 4.39 Å². The second kappa shape index (κ2) is 6.81. The minimum atomic E-state index is -0.943. The predicted molar refractivity (Wildman–Crippen MR) is 64.5 cm³/mol. The van der Waals surface area contributed by atoms with Crippen LogP contribution in [-0.4, -0.2) is 24.2 Å². The highest BCUT2D eigenvalue weighted by Crippen LogP contribution is 2.10. The lowest BCUT2D eigenvalue weighted by atomic mass is 10.1. The highest BCUT2D eigenvalue weighted by atomic mass is 19.1. The topological polar surface area (TPSA) is 49.3 Å². The molecule has 0 saturated heterocycles. The van der Waals surface area contributed by atoms with E-state index < -0.39 is 5.97 Å². The molecule has 0 atom stereocenters. The number of hydrogen-bond acceptors (Lipinski definition) is 2. The molecule has 0 aliphatic rings. The smallest absolute Gasteiger partial charge is 0.328 e. The van der Waals surface area contributed by atoms with E-state index in [1.807, 2.05) is 6.92 Å². The Bertz CT molecular complexity index is 416. The largest absolute Gasteiger partial charge is 0.478 e. The molecule has 0 heterocycles. The normalized spacial score (nSPS) is 10.9. The zero-order valence-electron chi connectivity index (χ0n) is 9.74. The third-order valence-corrected chi connectivity index (χ3v) is 2.40. The molecule has 17 heavy (non-hydrogen) atoms. The van der Waals surface area contributed by atoms with Crippen LogP contribution in [-0.2, 0) is 11.2 Å². The number of nitrogens with one attached hydrogen (secondary N) is 1. The maximum absolute atomic E-state index is 12.8. The Morgan fingerprint density at radius 2 is 2.29 bits per heavy atom. The second-order valence-electron chi connectivity index (χ2n) is 3.77. The first-order valence-corrected chi connectivity index (χ1v) is 5.45. The fourth-order valence-corrected chi connectivity index (χ4v) is 1.51. The summed E-state index contributed by atoms with van der Waals surface area (Å²) in [5.41, 5.74) is 2.04. The van der Waals surface area contributed by atoms with Crippen LogP contribution in [0.15, 0.2) is 30.4 Å². The summed E-state index contributed by atoms with van der Waals surface area (Å²) in [6, 6.07) is 4.74. The second-order valence-corrected chi connectivity index (χ2v) is 3.77. The molecule has 3 nitrogen and oxygen atoms in total. The number of benzene rings is 1. The quantitative estimate of drug-likeness (QED) is 0.587. The Hall–Kier alpha value is -1.68. The lowest BCUT2D eigenvalue weighted by molar-refractivity contribution is -0.131. The molecule has 1 aromatic carbocycles. The summed E-state index contributed by atoms with van der Waals surface area (Å²) in [7, 11) is 0. The van der Waals surface area contributed by atoms with Crippen LogP contribution >= 0.6 is 0 Å². The van der Waals surface area contributed by atoms with Crippen LogP contribution in [0.5, 0.6) is 0 Å². The molecule has 0 aliphatic carbocycles. The van der Waals surface area contributed by atoms with Crippen molar-refractivity contribution in [2.45, 2.75) is 13.3 Å². The zero-order chi connectivity index (χ0) is 12.7. The van der Waals surface area contributed by atoms with Gasteiger partial charge in [0, 0.05) is 12.6 Å². The number of halogens is 1. The van der Waals surface area contributed by atoms with Gasteiger partial charge in [-0.15, -0.1) is 0 Å². The number of hydrogen-bond donors (Lipinski definition) is 2. The minimum Gasteiger partial charge on any atom is -0.478 e. The summed E-state index contributed by atoms with van der Waals surface area (Å²) in [6.07, 6.45) is 3.46. The summed E-state index contributed by atoms with van der Waals surface area (Å²) in [5.74, 6) is -1.16. The summed E-state index contributed by atoms with van der Waals surface area (Å²) in [6.45, 7) is 3.13. The number of aliphatic carboxylic acids is 1. The van der Waals surface area contributed by atoms with Gasteiger partial charge in [-0.05, 0) is 43.1 Å². The Morgan fingerprint density at radius 3 is 2.94 bits per heavy atom. The van der Waals surface area contributed by atoms with E-state index >= 15 is 0 Å². The van der Waals surface area contributed by atoms with Crippen molar-refractivity contribution in [3.05, 3.63) is 47.3 Å². The van der Waals surface area contributed by atoms with E-state index in [2.05, 4.69) is 5.32 Å². The Morgan fingerprint density at radius 1 is 1.53 bits per heavy atom. The first-order chi connectivity index (χ1) is 8.09. The van der Waals surface area contributed by atoms with Crippen LogP contribution in [0.3, 0.4) is 0 Å². The molecule has 1 rings (SSSR count). The standard InChI is InChI=1S/C13H16FNO2/c1-10-9-12(14)5-4-11(10)6-8-15-7-2-3-13(16)17/h2-5,9,15H,6-8H2,1H3,(H,16,17)/b3-2+. The monoisotopic (exact) mass is 237 g/mol. The number of carboxylic acid groups (broad SMARTS) is 1. The molecule has 0 bridgehead atoms. The highest BCUT2D eigenvalue weighted by Gasteiger charge is 1.99. The molecule has 0 radical (unpaired) electrons. The molecule has 0 unspecified atom stereocenters. The van der Waals surface area contributed by atoms with Gasteiger partial charge in [-0.3, -0.25) is 0 Å². The van der Waals surface area contributed by atoms with E-state index in [-0.39, 0.29) is 5.82 Å². The van der Waals surface area contributed by atoms with E-state index in [1.54, 1.807) is 12.1 Å². The number of carboxylic acids is 1. The average molecular weight is 237 g/mol. The first-order valence-electron chi connectivity index (χ1n) is 5.45. The Labute approximate surface area is 100.0 Å². The van der Waals surface area contributed by atoms with Gasteiger partial charge in [0.2, 0.25) is 0 Å². The van der Waals surface area contributed by atoms with Crippen LogP contribution < -0.4 is 5.32 Å². The van der Waals surface area contributed by atoms with Gasteiger partial charge in [0.1, 0.15) is 5.82 Å². The van der Waals surface area contributed by atoms with Crippen molar-refractivity contribution in [1.29, 1.82) is 0 Å². The maximum Gasteiger partial charge on any atom is 0.328 e. The van der Waals surface area contributed by atoms with E-state index in [1.165, 1.54) is 12.1 Å². The molecule has 2 N–H and O–H groups in total. The van der Waals surface area contributed by atoms with Gasteiger partial charge >= 0.3 is 5.97 Å². The fourth-order valence-electron chi connectivity index (χ4n) is 1.51. The van der Waals surface area contributed by atoms with Crippen LogP contribution in [0.25, 0.3) is 0 Å². The van der Waals surface area contributed by atoms with Crippen molar-refractivity contribution >= 4 is 5.97 Å². The molecule has 0 spiro atoms. The van der Waals surface area contributed by atoms with Crippen LogP contribution in [0.1, 0.15) is 11.1 Å².